The van der Waals surface area contributed by atoms with Gasteiger partial charge in [-0.1, -0.05) is 6.92 Å². The lowest BCUT2D eigenvalue weighted by Crippen LogP contribution is -2.30. The lowest BCUT2D eigenvalue weighted by molar-refractivity contribution is 0.0739. The summed E-state index contributed by atoms with van der Waals surface area (Å²) in [6.07, 6.45) is 2.68. The first-order valence-corrected chi connectivity index (χ1v) is 8.41. The summed E-state index contributed by atoms with van der Waals surface area (Å²) < 4.78 is 1.89. The highest BCUT2D eigenvalue weighted by molar-refractivity contribution is 7.11. The van der Waals surface area contributed by atoms with Gasteiger partial charge in [-0.05, 0) is 34.1 Å². The third-order valence-corrected chi connectivity index (χ3v) is 4.91. The normalized spacial score (nSPS) is 12.5. The van der Waals surface area contributed by atoms with Crippen molar-refractivity contribution in [2.24, 2.45) is 0 Å². The second-order valence-electron chi connectivity index (χ2n) is 5.63. The van der Waals surface area contributed by atoms with E-state index >= 15 is 0 Å². The van der Waals surface area contributed by atoms with E-state index in [0.29, 0.717) is 5.56 Å². The lowest BCUT2D eigenvalue weighted by Gasteiger charge is -2.24. The fourth-order valence-corrected chi connectivity index (χ4v) is 3.48. The van der Waals surface area contributed by atoms with Gasteiger partial charge in [-0.2, -0.15) is 5.10 Å². The second-order valence-corrected chi connectivity index (χ2v) is 7.04. The highest BCUT2D eigenvalue weighted by Crippen LogP contribution is 2.27. The maximum Gasteiger partial charge on any atom is 0.257 e. The van der Waals surface area contributed by atoms with Crippen molar-refractivity contribution in [1.29, 1.82) is 0 Å². The second kappa shape index (κ2) is 6.60. The zero-order valence-corrected chi connectivity index (χ0v) is 15.0. The molecule has 120 valence electrons. The monoisotopic (exact) mass is 320 g/mol. The molecule has 0 saturated carbocycles. The van der Waals surface area contributed by atoms with Gasteiger partial charge >= 0.3 is 0 Å². The van der Waals surface area contributed by atoms with Crippen LogP contribution in [-0.2, 0) is 6.54 Å². The Balaban J connectivity index is 2.23. The van der Waals surface area contributed by atoms with Crippen molar-refractivity contribution < 1.29 is 4.79 Å². The summed E-state index contributed by atoms with van der Waals surface area (Å²) in [5.74, 6) is -0.00240. The topological polar surface area (TPSA) is 51.0 Å². The first-order chi connectivity index (χ1) is 10.4. The van der Waals surface area contributed by atoms with Crippen molar-refractivity contribution in [3.05, 3.63) is 33.0 Å². The number of thiazole rings is 1. The highest BCUT2D eigenvalue weighted by atomic mass is 32.1. The molecule has 0 unspecified atom stereocenters. The molecule has 2 aromatic heterocycles. The number of rotatable bonds is 5. The number of hydrogen-bond donors (Lipinski definition) is 0. The van der Waals surface area contributed by atoms with E-state index in [1.54, 1.807) is 22.4 Å². The van der Waals surface area contributed by atoms with Gasteiger partial charge in [-0.3, -0.25) is 9.48 Å². The van der Waals surface area contributed by atoms with Crippen molar-refractivity contribution in [3.63, 3.8) is 0 Å². The SMILES string of the molecule is CCCn1ncc(C(=O)N(C)[C@@H](C)c2nc(C)sc2C)c1C. The number of carbonyl (C=O) groups is 1. The maximum atomic E-state index is 12.8. The summed E-state index contributed by atoms with van der Waals surface area (Å²) in [6.45, 7) is 11.0. The average Bonchev–Trinajstić information content (AvgIpc) is 3.00. The van der Waals surface area contributed by atoms with Gasteiger partial charge in [-0.15, -0.1) is 11.3 Å². The summed E-state index contributed by atoms with van der Waals surface area (Å²) in [5, 5.41) is 5.35. The van der Waals surface area contributed by atoms with E-state index in [4.69, 9.17) is 0 Å². The van der Waals surface area contributed by atoms with Crippen LogP contribution in [0.15, 0.2) is 6.20 Å². The lowest BCUT2D eigenvalue weighted by atomic mass is 10.1. The molecule has 0 aliphatic heterocycles. The zero-order valence-electron chi connectivity index (χ0n) is 14.2. The van der Waals surface area contributed by atoms with Gasteiger partial charge in [0.25, 0.3) is 5.91 Å². The Hall–Kier alpha value is -1.69. The molecule has 0 bridgehead atoms. The molecule has 6 heteroatoms. The molecule has 0 aliphatic rings. The molecule has 0 aliphatic carbocycles. The molecule has 0 spiro atoms. The van der Waals surface area contributed by atoms with Crippen molar-refractivity contribution in [2.75, 3.05) is 7.05 Å². The minimum atomic E-state index is -0.0497. The summed E-state index contributed by atoms with van der Waals surface area (Å²) in [4.78, 5) is 20.3. The Morgan fingerprint density at radius 1 is 1.41 bits per heavy atom. The Kier molecular flexibility index (Phi) is 5.01. The van der Waals surface area contributed by atoms with Crippen LogP contribution in [0, 0.1) is 20.8 Å². The van der Waals surface area contributed by atoms with Crippen molar-refractivity contribution in [2.45, 2.75) is 53.6 Å². The third kappa shape index (κ3) is 3.06. The van der Waals surface area contributed by atoms with E-state index in [-0.39, 0.29) is 11.9 Å². The highest BCUT2D eigenvalue weighted by Gasteiger charge is 2.25. The first-order valence-electron chi connectivity index (χ1n) is 7.60. The summed E-state index contributed by atoms with van der Waals surface area (Å²) in [7, 11) is 1.83. The summed E-state index contributed by atoms with van der Waals surface area (Å²) >= 11 is 1.67. The smallest absolute Gasteiger partial charge is 0.257 e. The molecule has 5 nitrogen and oxygen atoms in total. The molecule has 2 aromatic rings. The fourth-order valence-electron chi connectivity index (χ4n) is 2.58. The molecule has 1 amide bonds. The van der Waals surface area contributed by atoms with E-state index in [0.717, 1.165) is 29.4 Å². The number of carbonyl (C=O) groups excluding carboxylic acids is 1. The Morgan fingerprint density at radius 2 is 2.09 bits per heavy atom. The maximum absolute atomic E-state index is 12.8. The van der Waals surface area contributed by atoms with E-state index < -0.39 is 0 Å². The van der Waals surface area contributed by atoms with E-state index in [1.165, 1.54) is 4.88 Å². The average molecular weight is 320 g/mol. The van der Waals surface area contributed by atoms with Crippen LogP contribution in [-0.4, -0.2) is 32.6 Å². The van der Waals surface area contributed by atoms with E-state index in [1.807, 2.05) is 32.5 Å². The van der Waals surface area contributed by atoms with Crippen molar-refractivity contribution in [3.8, 4) is 0 Å². The molecule has 0 N–H and O–H groups in total. The molecule has 0 saturated heterocycles. The predicted molar refractivity (Wildman–Crippen MR) is 89.4 cm³/mol. The largest absolute Gasteiger partial charge is 0.333 e. The van der Waals surface area contributed by atoms with Gasteiger partial charge in [-0.25, -0.2) is 4.98 Å². The van der Waals surface area contributed by atoms with E-state index in [2.05, 4.69) is 23.9 Å². The van der Waals surface area contributed by atoms with Crippen LogP contribution in [0.4, 0.5) is 0 Å². The molecule has 0 aromatic carbocycles. The van der Waals surface area contributed by atoms with Gasteiger partial charge in [0.05, 0.1) is 28.5 Å². The molecule has 22 heavy (non-hydrogen) atoms. The molecular formula is C16H24N4OS. The van der Waals surface area contributed by atoms with Crippen LogP contribution in [0.3, 0.4) is 0 Å². The minimum Gasteiger partial charge on any atom is -0.333 e. The van der Waals surface area contributed by atoms with Gasteiger partial charge in [0.2, 0.25) is 0 Å². The van der Waals surface area contributed by atoms with Crippen molar-refractivity contribution >= 4 is 17.2 Å². The molecule has 2 rings (SSSR count). The van der Waals surface area contributed by atoms with Crippen LogP contribution in [0.1, 0.15) is 57.9 Å². The summed E-state index contributed by atoms with van der Waals surface area (Å²) in [5.41, 5.74) is 2.58. The molecule has 0 radical (unpaired) electrons. The molecule has 1 atom stereocenters. The number of nitrogens with zero attached hydrogens (tertiary/aromatic N) is 4. The van der Waals surface area contributed by atoms with Gasteiger partial charge in [0.15, 0.2) is 0 Å². The van der Waals surface area contributed by atoms with Gasteiger partial charge in [0.1, 0.15) is 0 Å². The van der Waals surface area contributed by atoms with Crippen molar-refractivity contribution in [1.82, 2.24) is 19.7 Å². The van der Waals surface area contributed by atoms with E-state index in [9.17, 15) is 4.79 Å². The van der Waals surface area contributed by atoms with Gasteiger partial charge in [0, 0.05) is 24.2 Å². The fraction of sp³-hybridized carbons (Fsp3) is 0.562. The van der Waals surface area contributed by atoms with Crippen LogP contribution in [0.25, 0.3) is 0 Å². The van der Waals surface area contributed by atoms with Crippen LogP contribution >= 0.6 is 11.3 Å². The Morgan fingerprint density at radius 3 is 2.64 bits per heavy atom. The van der Waals surface area contributed by atoms with Crippen LogP contribution < -0.4 is 0 Å². The number of amides is 1. The third-order valence-electron chi connectivity index (χ3n) is 4.01. The summed E-state index contributed by atoms with van der Waals surface area (Å²) in [6, 6.07) is -0.0497. The predicted octanol–water partition coefficient (Wildman–Crippen LogP) is 3.51. The molecule has 0 fully saturated rings. The Labute approximate surface area is 136 Å². The zero-order chi connectivity index (χ0) is 16.4. The van der Waals surface area contributed by atoms with Crippen LogP contribution in [0.5, 0.6) is 0 Å². The standard InChI is InChI=1S/C16H24N4OS/c1-7-8-20-10(2)14(9-17-20)16(21)19(6)11(3)15-12(4)22-13(5)18-15/h9,11H,7-8H2,1-6H3/t11-/m0/s1. The minimum absolute atomic E-state index is 0.00240. The first kappa shape index (κ1) is 16.7. The molecule has 2 heterocycles. The van der Waals surface area contributed by atoms with Crippen LogP contribution in [0.2, 0.25) is 0 Å². The number of aromatic nitrogens is 3. The number of hydrogen-bond acceptors (Lipinski definition) is 4. The molecular weight excluding hydrogens is 296 g/mol. The quantitative estimate of drug-likeness (QED) is 0.847. The Bertz CT molecular complexity index is 674. The number of aryl methyl sites for hydroxylation is 3. The van der Waals surface area contributed by atoms with Gasteiger partial charge < -0.3 is 4.90 Å².